The standard InChI is InChI=1S/C40H62O12/c1-22(2)37-27(7)32(49-12)21-40(52-37,51-34(43)17-16-33(41)42)29(9)36(45)28(8)38-30(47-10)15-13-14-23(3)18-25(5)35(44)26(6)19-24(4)20-31(48-11)39(46)50-38/h13-17,19-20,22,25-30,32,35-38,44-45H,18,21H2,1-12H3,(H,41,42)/b15-13+,17-16+,23-14+,24-19+,31-20+/t25-,26+,27+,28-,29-,30-,32-,35+,36+,37-,38?,40-/m0/s1. The van der Waals surface area contributed by atoms with E-state index in [1.807, 2.05) is 53.7 Å². The third-order valence-electron chi connectivity index (χ3n) is 10.4. The van der Waals surface area contributed by atoms with Gasteiger partial charge in [0.05, 0.1) is 31.5 Å². The Hall–Kier alpha value is -3.29. The Balaban J connectivity index is 2.69. The maximum atomic E-state index is 13.7. The zero-order chi connectivity index (χ0) is 39.5. The number of hydrogen-bond acceptors (Lipinski definition) is 11. The topological polar surface area (TPSA) is 167 Å². The van der Waals surface area contributed by atoms with Crippen LogP contribution >= 0.6 is 0 Å². The minimum atomic E-state index is -1.76. The van der Waals surface area contributed by atoms with Crippen molar-refractivity contribution in [1.82, 2.24) is 0 Å². The van der Waals surface area contributed by atoms with Crippen molar-refractivity contribution < 1.29 is 58.1 Å². The summed E-state index contributed by atoms with van der Waals surface area (Å²) < 4.78 is 35.8. The summed E-state index contributed by atoms with van der Waals surface area (Å²) in [6.45, 7) is 16.9. The van der Waals surface area contributed by atoms with E-state index in [-0.39, 0.29) is 35.9 Å². The molecule has 1 fully saturated rings. The molecule has 0 aliphatic carbocycles. The van der Waals surface area contributed by atoms with Crippen molar-refractivity contribution >= 4 is 17.9 Å². The molecule has 52 heavy (non-hydrogen) atoms. The average Bonchev–Trinajstić information content (AvgIpc) is 3.09. The van der Waals surface area contributed by atoms with Crippen molar-refractivity contribution in [2.24, 2.45) is 35.5 Å². The number of aliphatic hydroxyl groups excluding tert-OH is 2. The maximum absolute atomic E-state index is 13.7. The van der Waals surface area contributed by atoms with Crippen molar-refractivity contribution in [1.29, 1.82) is 0 Å². The predicted molar refractivity (Wildman–Crippen MR) is 196 cm³/mol. The summed E-state index contributed by atoms with van der Waals surface area (Å²) in [5, 5.41) is 32.3. The van der Waals surface area contributed by atoms with Gasteiger partial charge < -0.3 is 43.7 Å². The number of rotatable bonds is 11. The molecule has 2 rings (SSSR count). The van der Waals surface area contributed by atoms with Crippen LogP contribution in [0.2, 0.25) is 0 Å². The SMILES string of the molecule is CO/C1=C/C(C)=C/[C@@H](C)[C@H](O)[C@@H](C)C/C(C)=C/C=C/[C@H](OC)C([C@@H](C)[C@@H](O)[C@H](C)[C@]2(OC(=O)/C=C/C(=O)O)C[C@H](OC)[C@@H](C)[C@H](C(C)C)O2)OC1=O. The van der Waals surface area contributed by atoms with Gasteiger partial charge in [-0.25, -0.2) is 14.4 Å². The van der Waals surface area contributed by atoms with Crippen LogP contribution in [0.25, 0.3) is 0 Å². The minimum Gasteiger partial charge on any atom is -0.490 e. The molecule has 12 atom stereocenters. The number of aliphatic hydroxyl groups is 2. The van der Waals surface area contributed by atoms with Gasteiger partial charge in [0.15, 0.2) is 0 Å². The molecule has 0 radical (unpaired) electrons. The number of esters is 2. The molecule has 0 aromatic carbocycles. The highest BCUT2D eigenvalue weighted by Crippen LogP contribution is 2.45. The molecule has 0 saturated carbocycles. The second kappa shape index (κ2) is 20.2. The molecule has 0 amide bonds. The Morgan fingerprint density at radius 2 is 1.67 bits per heavy atom. The van der Waals surface area contributed by atoms with Crippen molar-refractivity contribution in [2.75, 3.05) is 21.3 Å². The molecular formula is C40H62O12. The fraction of sp³-hybridized carbons (Fsp3) is 0.675. The molecule has 3 N–H and O–H groups in total. The Morgan fingerprint density at radius 3 is 2.23 bits per heavy atom. The second-order valence-corrected chi connectivity index (χ2v) is 14.8. The van der Waals surface area contributed by atoms with Gasteiger partial charge in [0.2, 0.25) is 11.5 Å². The first-order valence-electron chi connectivity index (χ1n) is 18.0. The smallest absolute Gasteiger partial charge is 0.373 e. The van der Waals surface area contributed by atoms with Gasteiger partial charge in [0, 0.05) is 56.5 Å². The highest BCUT2D eigenvalue weighted by atomic mass is 16.7. The number of cyclic esters (lactones) is 1. The third kappa shape index (κ3) is 11.9. The molecule has 2 aliphatic heterocycles. The third-order valence-corrected chi connectivity index (χ3v) is 10.4. The molecule has 1 saturated heterocycles. The molecule has 2 aliphatic rings. The molecule has 0 bridgehead atoms. The fourth-order valence-electron chi connectivity index (χ4n) is 7.30. The molecule has 0 aromatic heterocycles. The van der Waals surface area contributed by atoms with E-state index in [9.17, 15) is 24.6 Å². The van der Waals surface area contributed by atoms with E-state index in [4.69, 9.17) is 33.5 Å². The average molecular weight is 735 g/mol. The van der Waals surface area contributed by atoms with Gasteiger partial charge in [-0.2, -0.15) is 0 Å². The lowest BCUT2D eigenvalue weighted by molar-refractivity contribution is -0.333. The summed E-state index contributed by atoms with van der Waals surface area (Å²) in [5.41, 5.74) is 1.70. The number of carbonyl (C=O) groups is 3. The van der Waals surface area contributed by atoms with E-state index >= 15 is 0 Å². The van der Waals surface area contributed by atoms with E-state index in [1.54, 1.807) is 46.1 Å². The van der Waals surface area contributed by atoms with Crippen LogP contribution in [-0.2, 0) is 42.8 Å². The summed E-state index contributed by atoms with van der Waals surface area (Å²) >= 11 is 0. The molecule has 294 valence electrons. The number of aliphatic carboxylic acids is 1. The monoisotopic (exact) mass is 734 g/mol. The van der Waals surface area contributed by atoms with Crippen LogP contribution in [0.4, 0.5) is 0 Å². The lowest BCUT2D eigenvalue weighted by atomic mass is 9.76. The van der Waals surface area contributed by atoms with Gasteiger partial charge in [0.1, 0.15) is 12.2 Å². The number of hydrogen-bond donors (Lipinski definition) is 3. The van der Waals surface area contributed by atoms with Crippen molar-refractivity contribution in [2.45, 2.75) is 118 Å². The van der Waals surface area contributed by atoms with Crippen LogP contribution in [0.1, 0.15) is 75.2 Å². The van der Waals surface area contributed by atoms with Gasteiger partial charge >= 0.3 is 17.9 Å². The summed E-state index contributed by atoms with van der Waals surface area (Å²) in [5.74, 6) is -7.15. The molecule has 0 aromatic rings. The summed E-state index contributed by atoms with van der Waals surface area (Å²) in [4.78, 5) is 38.0. The Labute approximate surface area is 309 Å². The van der Waals surface area contributed by atoms with Gasteiger partial charge in [-0.3, -0.25) is 0 Å². The van der Waals surface area contributed by atoms with Crippen LogP contribution in [-0.4, -0.2) is 97.0 Å². The van der Waals surface area contributed by atoms with Crippen LogP contribution < -0.4 is 0 Å². The Morgan fingerprint density at radius 1 is 1.02 bits per heavy atom. The highest BCUT2D eigenvalue weighted by Gasteiger charge is 2.55. The zero-order valence-corrected chi connectivity index (χ0v) is 32.9. The summed E-state index contributed by atoms with van der Waals surface area (Å²) in [6, 6.07) is 0. The minimum absolute atomic E-state index is 0.0399. The number of carboxylic acids is 1. The number of carboxylic acid groups (broad SMARTS) is 1. The number of allylic oxidation sites excluding steroid dienone is 5. The molecule has 1 unspecified atom stereocenters. The molecule has 12 heteroatoms. The van der Waals surface area contributed by atoms with E-state index in [1.165, 1.54) is 14.2 Å². The lowest BCUT2D eigenvalue weighted by Crippen LogP contribution is -2.61. The first-order chi connectivity index (χ1) is 24.3. The maximum Gasteiger partial charge on any atom is 0.373 e. The first kappa shape index (κ1) is 44.9. The van der Waals surface area contributed by atoms with Crippen LogP contribution in [0.5, 0.6) is 0 Å². The fourth-order valence-corrected chi connectivity index (χ4v) is 7.30. The highest BCUT2D eigenvalue weighted by molar-refractivity contribution is 5.91. The van der Waals surface area contributed by atoms with Crippen molar-refractivity contribution in [3.05, 3.63) is 59.4 Å². The zero-order valence-electron chi connectivity index (χ0n) is 32.9. The molecule has 2 heterocycles. The van der Waals surface area contributed by atoms with Gasteiger partial charge in [-0.1, -0.05) is 83.9 Å². The van der Waals surface area contributed by atoms with Crippen LogP contribution in [0, 0.1) is 35.5 Å². The molecular weight excluding hydrogens is 672 g/mol. The quantitative estimate of drug-likeness (QED) is 0.180. The van der Waals surface area contributed by atoms with Gasteiger partial charge in [-0.05, 0) is 38.2 Å². The second-order valence-electron chi connectivity index (χ2n) is 14.8. The largest absolute Gasteiger partial charge is 0.490 e. The molecule has 12 nitrogen and oxygen atoms in total. The van der Waals surface area contributed by atoms with Gasteiger partial charge in [0.25, 0.3) is 0 Å². The lowest BCUT2D eigenvalue weighted by Gasteiger charge is -2.51. The van der Waals surface area contributed by atoms with E-state index < -0.39 is 72.2 Å². The Kier molecular flexibility index (Phi) is 17.5. The number of ether oxygens (including phenoxy) is 6. The van der Waals surface area contributed by atoms with Crippen LogP contribution in [0.3, 0.4) is 0 Å². The van der Waals surface area contributed by atoms with Crippen molar-refractivity contribution in [3.8, 4) is 0 Å². The van der Waals surface area contributed by atoms with Crippen molar-refractivity contribution in [3.63, 3.8) is 0 Å². The first-order valence-corrected chi connectivity index (χ1v) is 18.0. The van der Waals surface area contributed by atoms with E-state index in [2.05, 4.69) is 0 Å². The predicted octanol–water partition coefficient (Wildman–Crippen LogP) is 5.54. The Bertz CT molecular complexity index is 1360. The van der Waals surface area contributed by atoms with E-state index in [0.29, 0.717) is 18.1 Å². The normalized spacial score (nSPS) is 36.6. The van der Waals surface area contributed by atoms with E-state index in [0.717, 1.165) is 11.6 Å². The molecule has 0 spiro atoms. The van der Waals surface area contributed by atoms with Crippen LogP contribution in [0.15, 0.2) is 59.4 Å². The number of carbonyl (C=O) groups excluding carboxylic acids is 2. The van der Waals surface area contributed by atoms with Gasteiger partial charge in [-0.15, -0.1) is 0 Å². The summed E-state index contributed by atoms with van der Waals surface area (Å²) in [6.07, 6.45) is 6.20. The summed E-state index contributed by atoms with van der Waals surface area (Å²) in [7, 11) is 4.37. The number of methoxy groups -OCH3 is 3.